The van der Waals surface area contributed by atoms with Gasteiger partial charge in [0.2, 0.25) is 0 Å². The van der Waals surface area contributed by atoms with Gasteiger partial charge in [-0.3, -0.25) is 9.80 Å². The summed E-state index contributed by atoms with van der Waals surface area (Å²) in [6.07, 6.45) is 0. The number of hydrogen-bond acceptors (Lipinski definition) is 5. The normalized spacial score (nSPS) is 23.8. The molecule has 0 spiro atoms. The molecule has 0 aliphatic carbocycles. The molecule has 5 heteroatoms. The fourth-order valence-electron chi connectivity index (χ4n) is 2.67. The van der Waals surface area contributed by atoms with Crippen LogP contribution < -0.4 is 5.32 Å². The Labute approximate surface area is 102 Å². The molecule has 2 aliphatic rings. The minimum Gasteiger partial charge on any atom is -0.361 e. The standard InChI is InChI=1S/C12H20N4O/c1-10-6-11(14-17-10)7-15-8-12(9-15)16-4-2-13-3-5-16/h6,12-13H,2-5,7-9H2,1H3. The van der Waals surface area contributed by atoms with Crippen molar-refractivity contribution in [3.05, 3.63) is 17.5 Å². The van der Waals surface area contributed by atoms with Crippen molar-refractivity contribution in [2.24, 2.45) is 0 Å². The van der Waals surface area contributed by atoms with Crippen molar-refractivity contribution in [1.82, 2.24) is 20.3 Å². The van der Waals surface area contributed by atoms with E-state index in [0.29, 0.717) is 0 Å². The molecule has 1 aromatic rings. The lowest BCUT2D eigenvalue weighted by atomic mass is 10.1. The van der Waals surface area contributed by atoms with E-state index in [1.165, 1.54) is 26.2 Å². The Hall–Kier alpha value is -0.910. The second-order valence-corrected chi connectivity index (χ2v) is 5.06. The van der Waals surface area contributed by atoms with Gasteiger partial charge in [0, 0.05) is 57.9 Å². The van der Waals surface area contributed by atoms with Crippen molar-refractivity contribution < 1.29 is 4.52 Å². The van der Waals surface area contributed by atoms with E-state index in [-0.39, 0.29) is 0 Å². The van der Waals surface area contributed by atoms with Crippen LogP contribution in [0.4, 0.5) is 0 Å². The number of likely N-dealkylation sites (tertiary alicyclic amines) is 1. The Balaban J connectivity index is 1.45. The lowest BCUT2D eigenvalue weighted by Crippen LogP contribution is -2.62. The largest absolute Gasteiger partial charge is 0.361 e. The number of aromatic nitrogens is 1. The monoisotopic (exact) mass is 236 g/mol. The zero-order valence-corrected chi connectivity index (χ0v) is 10.4. The number of piperazine rings is 1. The predicted octanol–water partition coefficient (Wildman–Crippen LogP) is 0.0724. The van der Waals surface area contributed by atoms with Crippen molar-refractivity contribution in [3.63, 3.8) is 0 Å². The van der Waals surface area contributed by atoms with Crippen LogP contribution in [0.1, 0.15) is 11.5 Å². The van der Waals surface area contributed by atoms with Crippen LogP contribution in [0, 0.1) is 6.92 Å². The molecular weight excluding hydrogens is 216 g/mol. The molecule has 2 saturated heterocycles. The molecule has 94 valence electrons. The first-order valence-corrected chi connectivity index (χ1v) is 6.40. The summed E-state index contributed by atoms with van der Waals surface area (Å²) in [5.74, 6) is 0.902. The third-order valence-electron chi connectivity index (χ3n) is 3.67. The zero-order chi connectivity index (χ0) is 11.7. The van der Waals surface area contributed by atoms with Crippen LogP contribution in [0.3, 0.4) is 0 Å². The maximum absolute atomic E-state index is 5.08. The highest BCUT2D eigenvalue weighted by atomic mass is 16.5. The van der Waals surface area contributed by atoms with E-state index in [0.717, 1.165) is 37.1 Å². The van der Waals surface area contributed by atoms with Gasteiger partial charge in [0.25, 0.3) is 0 Å². The Morgan fingerprint density at radius 2 is 2.18 bits per heavy atom. The molecule has 0 unspecified atom stereocenters. The Morgan fingerprint density at radius 3 is 2.82 bits per heavy atom. The first-order chi connectivity index (χ1) is 8.31. The summed E-state index contributed by atoms with van der Waals surface area (Å²) in [5, 5.41) is 7.43. The van der Waals surface area contributed by atoms with Gasteiger partial charge < -0.3 is 9.84 Å². The van der Waals surface area contributed by atoms with Crippen molar-refractivity contribution >= 4 is 0 Å². The molecule has 1 aromatic heterocycles. The smallest absolute Gasteiger partial charge is 0.133 e. The molecule has 0 saturated carbocycles. The van der Waals surface area contributed by atoms with E-state index in [1.807, 2.05) is 13.0 Å². The van der Waals surface area contributed by atoms with E-state index in [4.69, 9.17) is 4.52 Å². The van der Waals surface area contributed by atoms with Crippen molar-refractivity contribution in [1.29, 1.82) is 0 Å². The third kappa shape index (κ3) is 2.51. The van der Waals surface area contributed by atoms with Crippen LogP contribution >= 0.6 is 0 Å². The molecule has 1 N–H and O–H groups in total. The minimum absolute atomic E-state index is 0.755. The summed E-state index contributed by atoms with van der Waals surface area (Å²) in [6.45, 7) is 9.88. The van der Waals surface area contributed by atoms with Gasteiger partial charge in [0.05, 0.1) is 5.69 Å². The molecule has 2 aliphatic heterocycles. The average molecular weight is 236 g/mol. The fourth-order valence-corrected chi connectivity index (χ4v) is 2.67. The Kier molecular flexibility index (Phi) is 3.13. The van der Waals surface area contributed by atoms with Crippen LogP contribution in [0.15, 0.2) is 10.6 Å². The number of rotatable bonds is 3. The predicted molar refractivity (Wildman–Crippen MR) is 64.7 cm³/mol. The lowest BCUT2D eigenvalue weighted by Gasteiger charge is -2.46. The summed E-state index contributed by atoms with van der Waals surface area (Å²) in [6, 6.07) is 2.78. The highest BCUT2D eigenvalue weighted by molar-refractivity contribution is 5.05. The summed E-state index contributed by atoms with van der Waals surface area (Å²) < 4.78 is 5.08. The second-order valence-electron chi connectivity index (χ2n) is 5.06. The van der Waals surface area contributed by atoms with E-state index < -0.39 is 0 Å². The first-order valence-electron chi connectivity index (χ1n) is 6.40. The van der Waals surface area contributed by atoms with Crippen LogP contribution in [0.5, 0.6) is 0 Å². The van der Waals surface area contributed by atoms with Gasteiger partial charge >= 0.3 is 0 Å². The summed E-state index contributed by atoms with van der Waals surface area (Å²) in [4.78, 5) is 5.03. The van der Waals surface area contributed by atoms with Gasteiger partial charge in [-0.1, -0.05) is 5.16 Å². The van der Waals surface area contributed by atoms with Crippen LogP contribution in [0.2, 0.25) is 0 Å². The van der Waals surface area contributed by atoms with E-state index in [2.05, 4.69) is 20.3 Å². The van der Waals surface area contributed by atoms with Crippen LogP contribution in [-0.4, -0.2) is 60.3 Å². The molecule has 0 amide bonds. The maximum Gasteiger partial charge on any atom is 0.133 e. The Bertz CT molecular complexity index is 366. The summed E-state index contributed by atoms with van der Waals surface area (Å²) in [7, 11) is 0. The second kappa shape index (κ2) is 4.76. The SMILES string of the molecule is Cc1cc(CN2CC(N3CCNCC3)C2)no1. The molecule has 2 fully saturated rings. The zero-order valence-electron chi connectivity index (χ0n) is 10.4. The van der Waals surface area contributed by atoms with Gasteiger partial charge in [-0.25, -0.2) is 0 Å². The highest BCUT2D eigenvalue weighted by Crippen LogP contribution is 2.18. The molecule has 0 atom stereocenters. The summed E-state index contributed by atoms with van der Waals surface area (Å²) in [5.41, 5.74) is 1.06. The van der Waals surface area contributed by atoms with Gasteiger partial charge in [0.1, 0.15) is 5.76 Å². The fraction of sp³-hybridized carbons (Fsp3) is 0.750. The van der Waals surface area contributed by atoms with Crippen molar-refractivity contribution in [3.8, 4) is 0 Å². The first kappa shape index (κ1) is 11.2. The number of hydrogen-bond donors (Lipinski definition) is 1. The lowest BCUT2D eigenvalue weighted by molar-refractivity contribution is 0.0211. The highest BCUT2D eigenvalue weighted by Gasteiger charge is 2.32. The molecule has 3 heterocycles. The molecule has 5 nitrogen and oxygen atoms in total. The van der Waals surface area contributed by atoms with Crippen molar-refractivity contribution in [2.75, 3.05) is 39.3 Å². The van der Waals surface area contributed by atoms with Gasteiger partial charge in [-0.15, -0.1) is 0 Å². The molecular formula is C12H20N4O. The number of nitrogens with one attached hydrogen (secondary N) is 1. The molecule has 3 rings (SSSR count). The van der Waals surface area contributed by atoms with Crippen LogP contribution in [-0.2, 0) is 6.54 Å². The van der Waals surface area contributed by atoms with Crippen molar-refractivity contribution in [2.45, 2.75) is 19.5 Å². The Morgan fingerprint density at radius 1 is 1.41 bits per heavy atom. The van der Waals surface area contributed by atoms with E-state index in [1.54, 1.807) is 0 Å². The average Bonchev–Trinajstić information content (AvgIpc) is 2.70. The summed E-state index contributed by atoms with van der Waals surface area (Å²) >= 11 is 0. The third-order valence-corrected chi connectivity index (χ3v) is 3.67. The van der Waals surface area contributed by atoms with E-state index >= 15 is 0 Å². The molecule has 0 bridgehead atoms. The van der Waals surface area contributed by atoms with E-state index in [9.17, 15) is 0 Å². The van der Waals surface area contributed by atoms with Gasteiger partial charge in [-0.2, -0.15) is 0 Å². The number of nitrogens with zero attached hydrogens (tertiary/aromatic N) is 3. The van der Waals surface area contributed by atoms with Crippen LogP contribution in [0.25, 0.3) is 0 Å². The maximum atomic E-state index is 5.08. The topological polar surface area (TPSA) is 44.5 Å². The quantitative estimate of drug-likeness (QED) is 0.805. The van der Waals surface area contributed by atoms with Gasteiger partial charge in [-0.05, 0) is 6.92 Å². The molecule has 0 radical (unpaired) electrons. The number of aryl methyl sites for hydroxylation is 1. The molecule has 0 aromatic carbocycles. The van der Waals surface area contributed by atoms with Gasteiger partial charge in [0.15, 0.2) is 0 Å². The minimum atomic E-state index is 0.755. The molecule has 17 heavy (non-hydrogen) atoms.